The Kier molecular flexibility index (Phi) is 5.20. The summed E-state index contributed by atoms with van der Waals surface area (Å²) in [6, 6.07) is 0. The van der Waals surface area contributed by atoms with Crippen LogP contribution in [-0.4, -0.2) is 36.3 Å². The SMILES string of the molecule is COc1c(NCCOC2CCCCC2)nc[nH]c1=O. The van der Waals surface area contributed by atoms with Crippen LogP contribution in [0.4, 0.5) is 5.82 Å². The van der Waals surface area contributed by atoms with Gasteiger partial charge in [-0.1, -0.05) is 19.3 Å². The average Bonchev–Trinajstić information content (AvgIpc) is 2.45. The predicted octanol–water partition coefficient (Wildman–Crippen LogP) is 1.54. The summed E-state index contributed by atoms with van der Waals surface area (Å²) in [7, 11) is 1.45. The smallest absolute Gasteiger partial charge is 0.295 e. The minimum atomic E-state index is -0.284. The molecule has 1 aliphatic carbocycles. The van der Waals surface area contributed by atoms with E-state index in [0.717, 1.165) is 12.8 Å². The first kappa shape index (κ1) is 13.9. The Balaban J connectivity index is 1.76. The molecule has 0 bridgehead atoms. The van der Waals surface area contributed by atoms with E-state index in [4.69, 9.17) is 9.47 Å². The van der Waals surface area contributed by atoms with Crippen LogP contribution in [0.5, 0.6) is 5.75 Å². The number of methoxy groups -OCH3 is 1. The Hall–Kier alpha value is -1.56. The van der Waals surface area contributed by atoms with Gasteiger partial charge in [-0.3, -0.25) is 4.79 Å². The van der Waals surface area contributed by atoms with Crippen molar-refractivity contribution in [2.75, 3.05) is 25.6 Å². The van der Waals surface area contributed by atoms with E-state index in [-0.39, 0.29) is 11.3 Å². The van der Waals surface area contributed by atoms with Crippen molar-refractivity contribution >= 4 is 5.82 Å². The van der Waals surface area contributed by atoms with Crippen molar-refractivity contribution < 1.29 is 9.47 Å². The molecule has 2 rings (SSSR count). The highest BCUT2D eigenvalue weighted by molar-refractivity contribution is 5.47. The van der Waals surface area contributed by atoms with Gasteiger partial charge in [0.15, 0.2) is 5.82 Å². The average molecular weight is 267 g/mol. The third-order valence-electron chi connectivity index (χ3n) is 3.31. The van der Waals surface area contributed by atoms with E-state index in [1.807, 2.05) is 0 Å². The van der Waals surface area contributed by atoms with Crippen LogP contribution in [0.1, 0.15) is 32.1 Å². The third-order valence-corrected chi connectivity index (χ3v) is 3.31. The topological polar surface area (TPSA) is 76.2 Å². The molecule has 0 spiro atoms. The summed E-state index contributed by atoms with van der Waals surface area (Å²) in [5.74, 6) is 0.665. The van der Waals surface area contributed by atoms with Gasteiger partial charge in [-0.05, 0) is 12.8 Å². The van der Waals surface area contributed by atoms with Crippen molar-refractivity contribution in [1.29, 1.82) is 0 Å². The van der Waals surface area contributed by atoms with Gasteiger partial charge in [0.1, 0.15) is 0 Å². The van der Waals surface area contributed by atoms with Crippen molar-refractivity contribution in [1.82, 2.24) is 9.97 Å². The predicted molar refractivity (Wildman–Crippen MR) is 72.7 cm³/mol. The van der Waals surface area contributed by atoms with Gasteiger partial charge in [0.25, 0.3) is 5.56 Å². The summed E-state index contributed by atoms with van der Waals surface area (Å²) in [6.07, 6.45) is 7.92. The normalized spacial score (nSPS) is 16.3. The van der Waals surface area contributed by atoms with E-state index >= 15 is 0 Å². The van der Waals surface area contributed by atoms with Crippen LogP contribution in [0.25, 0.3) is 0 Å². The first-order chi connectivity index (χ1) is 9.31. The van der Waals surface area contributed by atoms with Gasteiger partial charge < -0.3 is 19.8 Å². The van der Waals surface area contributed by atoms with Gasteiger partial charge in [0.2, 0.25) is 5.75 Å². The summed E-state index contributed by atoms with van der Waals surface area (Å²) < 4.78 is 10.8. The Morgan fingerprint density at radius 1 is 1.42 bits per heavy atom. The molecule has 0 saturated heterocycles. The van der Waals surface area contributed by atoms with E-state index in [2.05, 4.69) is 15.3 Å². The molecule has 0 aromatic carbocycles. The Labute approximate surface area is 112 Å². The summed E-state index contributed by atoms with van der Waals surface area (Å²) >= 11 is 0. The summed E-state index contributed by atoms with van der Waals surface area (Å²) in [4.78, 5) is 18.0. The van der Waals surface area contributed by atoms with Crippen LogP contribution in [0.3, 0.4) is 0 Å². The van der Waals surface area contributed by atoms with Gasteiger partial charge in [-0.25, -0.2) is 4.98 Å². The zero-order chi connectivity index (χ0) is 13.5. The molecule has 0 aliphatic heterocycles. The van der Waals surface area contributed by atoms with Gasteiger partial charge in [-0.15, -0.1) is 0 Å². The number of hydrogen-bond acceptors (Lipinski definition) is 5. The first-order valence-corrected chi connectivity index (χ1v) is 6.78. The van der Waals surface area contributed by atoms with Crippen LogP contribution in [0.2, 0.25) is 0 Å². The fourth-order valence-corrected chi connectivity index (χ4v) is 2.33. The number of hydrogen-bond donors (Lipinski definition) is 2. The van der Waals surface area contributed by atoms with Crippen LogP contribution in [0.15, 0.2) is 11.1 Å². The lowest BCUT2D eigenvalue weighted by atomic mass is 9.98. The molecule has 1 fully saturated rings. The minimum Gasteiger partial charge on any atom is -0.489 e. The number of anilines is 1. The maximum absolute atomic E-state index is 11.5. The molecule has 0 atom stereocenters. The Bertz CT molecular complexity index is 441. The molecule has 1 heterocycles. The number of nitrogens with one attached hydrogen (secondary N) is 2. The van der Waals surface area contributed by atoms with Crippen molar-refractivity contribution in [2.24, 2.45) is 0 Å². The van der Waals surface area contributed by atoms with Crippen LogP contribution in [0, 0.1) is 0 Å². The second-order valence-electron chi connectivity index (χ2n) is 4.67. The van der Waals surface area contributed by atoms with Crippen LogP contribution >= 0.6 is 0 Å². The highest BCUT2D eigenvalue weighted by Crippen LogP contribution is 2.20. The molecule has 6 nitrogen and oxygen atoms in total. The van der Waals surface area contributed by atoms with Crippen molar-refractivity contribution in [3.63, 3.8) is 0 Å². The van der Waals surface area contributed by atoms with Crippen molar-refractivity contribution in [3.05, 3.63) is 16.7 Å². The molecular formula is C13H21N3O3. The molecule has 1 aromatic heterocycles. The molecule has 19 heavy (non-hydrogen) atoms. The maximum Gasteiger partial charge on any atom is 0.295 e. The van der Waals surface area contributed by atoms with Gasteiger partial charge >= 0.3 is 0 Å². The third kappa shape index (κ3) is 3.96. The lowest BCUT2D eigenvalue weighted by Gasteiger charge is -2.22. The largest absolute Gasteiger partial charge is 0.489 e. The van der Waals surface area contributed by atoms with Gasteiger partial charge in [0.05, 0.1) is 26.1 Å². The van der Waals surface area contributed by atoms with E-state index in [1.54, 1.807) is 0 Å². The Morgan fingerprint density at radius 2 is 2.21 bits per heavy atom. The number of ether oxygens (including phenoxy) is 2. The van der Waals surface area contributed by atoms with Crippen LogP contribution < -0.4 is 15.6 Å². The first-order valence-electron chi connectivity index (χ1n) is 6.78. The summed E-state index contributed by atoms with van der Waals surface area (Å²) in [6.45, 7) is 1.23. The number of H-pyrrole nitrogens is 1. The second-order valence-corrected chi connectivity index (χ2v) is 4.67. The zero-order valence-corrected chi connectivity index (χ0v) is 11.3. The highest BCUT2D eigenvalue weighted by atomic mass is 16.5. The molecule has 0 amide bonds. The Morgan fingerprint density at radius 3 is 2.95 bits per heavy atom. The van der Waals surface area contributed by atoms with Gasteiger partial charge in [0, 0.05) is 6.54 Å². The highest BCUT2D eigenvalue weighted by Gasteiger charge is 2.13. The van der Waals surface area contributed by atoms with Crippen molar-refractivity contribution in [3.8, 4) is 5.75 Å². The molecule has 1 aromatic rings. The molecule has 1 saturated carbocycles. The summed E-state index contributed by atoms with van der Waals surface area (Å²) in [5, 5.41) is 3.06. The minimum absolute atomic E-state index is 0.208. The molecular weight excluding hydrogens is 246 g/mol. The van der Waals surface area contributed by atoms with E-state index in [9.17, 15) is 4.79 Å². The standard InChI is InChI=1S/C13H21N3O3/c1-18-11-12(15-9-16-13(11)17)14-7-8-19-10-5-3-2-4-6-10/h9-10H,2-8H2,1H3,(H2,14,15,16,17). The lowest BCUT2D eigenvalue weighted by Crippen LogP contribution is -2.21. The molecule has 2 N–H and O–H groups in total. The van der Waals surface area contributed by atoms with E-state index < -0.39 is 0 Å². The van der Waals surface area contributed by atoms with E-state index in [0.29, 0.717) is 25.1 Å². The maximum atomic E-state index is 11.5. The summed E-state index contributed by atoms with van der Waals surface area (Å²) in [5.41, 5.74) is -0.284. The second kappa shape index (κ2) is 7.13. The van der Waals surface area contributed by atoms with Crippen LogP contribution in [-0.2, 0) is 4.74 Å². The molecule has 106 valence electrons. The number of aromatic nitrogens is 2. The number of nitrogens with zero attached hydrogens (tertiary/aromatic N) is 1. The molecule has 0 radical (unpaired) electrons. The van der Waals surface area contributed by atoms with Gasteiger partial charge in [-0.2, -0.15) is 0 Å². The number of aromatic amines is 1. The number of rotatable bonds is 6. The monoisotopic (exact) mass is 267 g/mol. The lowest BCUT2D eigenvalue weighted by molar-refractivity contribution is 0.0347. The quantitative estimate of drug-likeness (QED) is 0.765. The van der Waals surface area contributed by atoms with E-state index in [1.165, 1.54) is 32.7 Å². The zero-order valence-electron chi connectivity index (χ0n) is 11.3. The fourth-order valence-electron chi connectivity index (χ4n) is 2.33. The molecule has 6 heteroatoms. The molecule has 0 unspecified atom stereocenters. The van der Waals surface area contributed by atoms with Crippen molar-refractivity contribution in [2.45, 2.75) is 38.2 Å². The fraction of sp³-hybridized carbons (Fsp3) is 0.692. The molecule has 1 aliphatic rings.